The van der Waals surface area contributed by atoms with E-state index in [1.54, 1.807) is 24.4 Å². The number of aromatic nitrogens is 3. The van der Waals surface area contributed by atoms with Gasteiger partial charge in [0.25, 0.3) is 5.56 Å². The minimum atomic E-state index is -0.506. The Balaban J connectivity index is 2.70. The van der Waals surface area contributed by atoms with Crippen LogP contribution in [-0.2, 0) is 0 Å². The summed E-state index contributed by atoms with van der Waals surface area (Å²) in [6.07, 6.45) is 1.67. The molecule has 3 aromatic rings. The third-order valence-corrected chi connectivity index (χ3v) is 2.50. The number of nitrogens with zero attached hydrogens (tertiary/aromatic N) is 1. The molecule has 5 nitrogen and oxygen atoms in total. The quantitative estimate of drug-likeness (QED) is 0.541. The number of nitrogens with one attached hydrogen (secondary N) is 2. The molecule has 0 aliphatic carbocycles. The van der Waals surface area contributed by atoms with Crippen molar-refractivity contribution in [1.29, 1.82) is 0 Å². The lowest BCUT2D eigenvalue weighted by molar-refractivity contribution is 1.08. The summed E-state index contributed by atoms with van der Waals surface area (Å²) >= 11 is 0. The maximum atomic E-state index is 11.5. The van der Waals surface area contributed by atoms with E-state index < -0.39 is 5.69 Å². The topological polar surface area (TPSA) is 78.6 Å². The molecule has 3 rings (SSSR count). The van der Waals surface area contributed by atoms with Crippen LogP contribution in [0.3, 0.4) is 0 Å². The molecule has 5 heteroatoms. The highest BCUT2D eigenvalue weighted by Gasteiger charge is 2.04. The fourth-order valence-electron chi connectivity index (χ4n) is 1.79. The van der Waals surface area contributed by atoms with Gasteiger partial charge >= 0.3 is 5.69 Å². The lowest BCUT2D eigenvalue weighted by atomic mass is 10.1. The first-order valence-electron chi connectivity index (χ1n) is 4.76. The zero-order valence-electron chi connectivity index (χ0n) is 8.15. The van der Waals surface area contributed by atoms with Gasteiger partial charge in [-0.3, -0.25) is 14.8 Å². The van der Waals surface area contributed by atoms with Crippen molar-refractivity contribution in [2.24, 2.45) is 0 Å². The molecular weight excluding hydrogens is 206 g/mol. The van der Waals surface area contributed by atoms with Crippen LogP contribution in [0.25, 0.3) is 21.8 Å². The SMILES string of the molecule is O=c1[nH]c(=O)c2ccc3ncccc3c2[nH]1. The van der Waals surface area contributed by atoms with E-state index >= 15 is 0 Å². The van der Waals surface area contributed by atoms with Crippen molar-refractivity contribution < 1.29 is 0 Å². The van der Waals surface area contributed by atoms with Gasteiger partial charge in [0.05, 0.1) is 16.4 Å². The van der Waals surface area contributed by atoms with E-state index in [-0.39, 0.29) is 5.56 Å². The Hall–Kier alpha value is -2.43. The van der Waals surface area contributed by atoms with Gasteiger partial charge < -0.3 is 4.98 Å². The third-order valence-electron chi connectivity index (χ3n) is 2.50. The second-order valence-electron chi connectivity index (χ2n) is 3.47. The van der Waals surface area contributed by atoms with Crippen molar-refractivity contribution in [2.75, 3.05) is 0 Å². The molecule has 16 heavy (non-hydrogen) atoms. The molecule has 2 N–H and O–H groups in total. The number of aromatic amines is 2. The number of rotatable bonds is 0. The van der Waals surface area contributed by atoms with E-state index in [0.29, 0.717) is 10.9 Å². The molecule has 78 valence electrons. The van der Waals surface area contributed by atoms with Crippen molar-refractivity contribution in [1.82, 2.24) is 15.0 Å². The smallest absolute Gasteiger partial charge is 0.306 e. The van der Waals surface area contributed by atoms with Gasteiger partial charge in [0, 0.05) is 11.6 Å². The zero-order chi connectivity index (χ0) is 11.1. The molecular formula is C11H7N3O2. The Labute approximate surface area is 88.8 Å². The normalized spacial score (nSPS) is 11.0. The van der Waals surface area contributed by atoms with Gasteiger partial charge in [-0.2, -0.15) is 0 Å². The minimum absolute atomic E-state index is 0.385. The lowest BCUT2D eigenvalue weighted by Crippen LogP contribution is -2.21. The van der Waals surface area contributed by atoms with Crippen LogP contribution in [0.1, 0.15) is 0 Å². The highest BCUT2D eigenvalue weighted by atomic mass is 16.2. The fourth-order valence-corrected chi connectivity index (χ4v) is 1.79. The predicted octanol–water partition coefficient (Wildman–Crippen LogP) is 0.765. The monoisotopic (exact) mass is 213 g/mol. The van der Waals surface area contributed by atoms with Gasteiger partial charge in [-0.25, -0.2) is 4.79 Å². The summed E-state index contributed by atoms with van der Waals surface area (Å²) in [6, 6.07) is 6.99. The largest absolute Gasteiger partial charge is 0.326 e. The number of fused-ring (bicyclic) bond motifs is 3. The van der Waals surface area contributed by atoms with Gasteiger partial charge in [-0.1, -0.05) is 0 Å². The van der Waals surface area contributed by atoms with E-state index in [1.165, 1.54) is 0 Å². The van der Waals surface area contributed by atoms with Crippen molar-refractivity contribution in [2.45, 2.75) is 0 Å². The number of pyridine rings is 1. The van der Waals surface area contributed by atoms with E-state index in [4.69, 9.17) is 0 Å². The molecule has 0 aliphatic rings. The Kier molecular flexibility index (Phi) is 1.67. The molecule has 2 heterocycles. The first kappa shape index (κ1) is 8.84. The Morgan fingerprint density at radius 2 is 1.88 bits per heavy atom. The Morgan fingerprint density at radius 1 is 1.00 bits per heavy atom. The highest BCUT2D eigenvalue weighted by Crippen LogP contribution is 2.18. The summed E-state index contributed by atoms with van der Waals surface area (Å²) in [5, 5.41) is 1.23. The van der Waals surface area contributed by atoms with Crippen molar-refractivity contribution in [3.05, 3.63) is 51.3 Å². The third kappa shape index (κ3) is 1.15. The van der Waals surface area contributed by atoms with Gasteiger partial charge in [-0.15, -0.1) is 0 Å². The molecule has 0 unspecified atom stereocenters. The molecule has 0 radical (unpaired) electrons. The number of hydrogen-bond acceptors (Lipinski definition) is 3. The van der Waals surface area contributed by atoms with Crippen LogP contribution in [-0.4, -0.2) is 15.0 Å². The predicted molar refractivity (Wildman–Crippen MR) is 60.5 cm³/mol. The van der Waals surface area contributed by atoms with Crippen molar-refractivity contribution in [3.8, 4) is 0 Å². The van der Waals surface area contributed by atoms with E-state index in [9.17, 15) is 9.59 Å². The average Bonchev–Trinajstić information content (AvgIpc) is 2.28. The molecule has 0 bridgehead atoms. The molecule has 0 aliphatic heterocycles. The number of hydrogen-bond donors (Lipinski definition) is 2. The lowest BCUT2D eigenvalue weighted by Gasteiger charge is -2.00. The Bertz CT molecular complexity index is 801. The maximum Gasteiger partial charge on any atom is 0.326 e. The molecule has 1 aromatic carbocycles. The second kappa shape index (κ2) is 3.03. The molecule has 0 saturated heterocycles. The first-order valence-corrected chi connectivity index (χ1v) is 4.76. The summed E-state index contributed by atoms with van der Waals surface area (Å²) in [5.41, 5.74) is 0.383. The van der Waals surface area contributed by atoms with Crippen LogP contribution in [0.15, 0.2) is 40.1 Å². The number of H-pyrrole nitrogens is 2. The van der Waals surface area contributed by atoms with Crippen LogP contribution in [0.5, 0.6) is 0 Å². The average molecular weight is 213 g/mol. The van der Waals surface area contributed by atoms with Gasteiger partial charge in [0.1, 0.15) is 0 Å². The maximum absolute atomic E-state index is 11.5. The van der Waals surface area contributed by atoms with Crippen molar-refractivity contribution in [3.63, 3.8) is 0 Å². The Morgan fingerprint density at radius 3 is 2.75 bits per heavy atom. The molecule has 0 spiro atoms. The summed E-state index contributed by atoms with van der Waals surface area (Å²) < 4.78 is 0. The number of benzene rings is 1. The van der Waals surface area contributed by atoms with Crippen LogP contribution < -0.4 is 11.2 Å². The summed E-state index contributed by atoms with van der Waals surface area (Å²) in [7, 11) is 0. The molecule has 0 amide bonds. The van der Waals surface area contributed by atoms with E-state index in [1.807, 2.05) is 6.07 Å². The second-order valence-corrected chi connectivity index (χ2v) is 3.47. The summed E-state index contributed by atoms with van der Waals surface area (Å²) in [4.78, 5) is 31.7. The molecule has 0 atom stereocenters. The van der Waals surface area contributed by atoms with Crippen LogP contribution in [0.4, 0.5) is 0 Å². The fraction of sp³-hybridized carbons (Fsp3) is 0. The van der Waals surface area contributed by atoms with Gasteiger partial charge in [-0.05, 0) is 24.3 Å². The van der Waals surface area contributed by atoms with E-state index in [0.717, 1.165) is 10.9 Å². The summed E-state index contributed by atoms with van der Waals surface area (Å²) in [5.74, 6) is 0. The van der Waals surface area contributed by atoms with Crippen molar-refractivity contribution >= 4 is 21.8 Å². The molecule has 0 saturated carbocycles. The molecule has 0 fully saturated rings. The first-order chi connectivity index (χ1) is 7.75. The highest BCUT2D eigenvalue weighted by molar-refractivity contribution is 6.02. The standard InChI is InChI=1S/C11H7N3O2/c15-10-7-3-4-8-6(2-1-5-12-8)9(7)13-11(16)14-10/h1-5H,(H2,13,14,15,16). The van der Waals surface area contributed by atoms with Gasteiger partial charge in [0.2, 0.25) is 0 Å². The minimum Gasteiger partial charge on any atom is -0.306 e. The van der Waals surface area contributed by atoms with Crippen LogP contribution in [0.2, 0.25) is 0 Å². The van der Waals surface area contributed by atoms with E-state index in [2.05, 4.69) is 15.0 Å². The van der Waals surface area contributed by atoms with Crippen LogP contribution >= 0.6 is 0 Å². The van der Waals surface area contributed by atoms with Crippen LogP contribution in [0, 0.1) is 0 Å². The summed E-state index contributed by atoms with van der Waals surface area (Å²) in [6.45, 7) is 0. The van der Waals surface area contributed by atoms with Gasteiger partial charge in [0.15, 0.2) is 0 Å². The molecule has 2 aromatic heterocycles. The zero-order valence-corrected chi connectivity index (χ0v) is 8.15.